The maximum absolute atomic E-state index is 13.8. The summed E-state index contributed by atoms with van der Waals surface area (Å²) < 4.78 is 0. The molecule has 9 nitrogen and oxygen atoms in total. The summed E-state index contributed by atoms with van der Waals surface area (Å²) in [4.78, 5) is 50.3. The van der Waals surface area contributed by atoms with E-state index in [1.165, 1.54) is 13.0 Å². The summed E-state index contributed by atoms with van der Waals surface area (Å²) in [5, 5.41) is 46.2. The van der Waals surface area contributed by atoms with Crippen molar-refractivity contribution < 1.29 is 39.6 Å². The van der Waals surface area contributed by atoms with Crippen LogP contribution in [0.25, 0.3) is 27.7 Å². The van der Waals surface area contributed by atoms with Crippen LogP contribution in [0.15, 0.2) is 65.4 Å². The van der Waals surface area contributed by atoms with Crippen LogP contribution in [0.3, 0.4) is 0 Å². The Morgan fingerprint density at radius 3 is 2.35 bits per heavy atom. The Morgan fingerprint density at radius 2 is 1.68 bits per heavy atom. The molecule has 40 heavy (non-hydrogen) atoms. The van der Waals surface area contributed by atoms with Gasteiger partial charge in [0.1, 0.15) is 22.8 Å². The van der Waals surface area contributed by atoms with Crippen LogP contribution in [0.4, 0.5) is 0 Å². The van der Waals surface area contributed by atoms with E-state index in [-0.39, 0.29) is 29.7 Å². The van der Waals surface area contributed by atoms with Gasteiger partial charge in [0.05, 0.1) is 5.56 Å². The highest BCUT2D eigenvalue weighted by molar-refractivity contribution is 6.23. The molecule has 3 aliphatic rings. The van der Waals surface area contributed by atoms with Crippen molar-refractivity contribution in [1.29, 1.82) is 0 Å². The molecule has 1 fully saturated rings. The van der Waals surface area contributed by atoms with Gasteiger partial charge in [0, 0.05) is 23.0 Å². The Kier molecular flexibility index (Phi) is 5.50. The van der Waals surface area contributed by atoms with Crippen LogP contribution in [0.1, 0.15) is 34.8 Å². The zero-order valence-corrected chi connectivity index (χ0v) is 21.3. The number of phenolic OH excluding ortho intramolecular Hbond substituents is 1. The highest BCUT2D eigenvalue weighted by atomic mass is 16.3. The third kappa shape index (κ3) is 3.18. The van der Waals surface area contributed by atoms with E-state index in [1.807, 2.05) is 24.3 Å². The van der Waals surface area contributed by atoms with Gasteiger partial charge < -0.3 is 26.2 Å². The molecule has 6 N–H and O–H groups in total. The van der Waals surface area contributed by atoms with Gasteiger partial charge in [0.2, 0.25) is 5.78 Å². The number of rotatable bonds is 3. The fourth-order valence-corrected chi connectivity index (χ4v) is 6.85. The van der Waals surface area contributed by atoms with Crippen molar-refractivity contribution in [1.82, 2.24) is 0 Å². The fraction of sp³-hybridized carbons (Fsp3) is 0.226. The number of hydrogen-bond acceptors (Lipinski definition) is 8. The number of phenols is 1. The topological polar surface area (TPSA) is 175 Å². The molecule has 0 saturated heterocycles. The molecule has 3 aromatic rings. The van der Waals surface area contributed by atoms with Gasteiger partial charge in [-0.2, -0.15) is 0 Å². The third-order valence-corrected chi connectivity index (χ3v) is 8.79. The van der Waals surface area contributed by atoms with Crippen LogP contribution in [-0.2, 0) is 20.8 Å². The second-order valence-corrected chi connectivity index (χ2v) is 10.7. The molecular weight excluding hydrogens is 514 g/mol. The van der Waals surface area contributed by atoms with E-state index in [9.17, 15) is 39.6 Å². The normalized spacial score (nSPS) is 25.9. The standard InChI is InChI=1S/C31H25NO8/c1-13-21-11-15-10-20-19(18-7-6-14(12-33)16-4-2-3-5-17(16)18)8-9-22(34)24(20)27(36)23(15)28(37)31(21,40)29(38)25(26(13)35)30(32)39/h2-9,12-13,15,21,34,36,38,40H,10-11H2,1H3,(H2,32,39)/t13-,15-,21-,31-/m0/s1. The second kappa shape index (κ2) is 8.62. The van der Waals surface area contributed by atoms with E-state index in [1.54, 1.807) is 18.2 Å². The number of aromatic hydroxyl groups is 1. The van der Waals surface area contributed by atoms with Crippen molar-refractivity contribution >= 4 is 40.3 Å². The summed E-state index contributed by atoms with van der Waals surface area (Å²) in [6.07, 6.45) is 0.979. The van der Waals surface area contributed by atoms with Gasteiger partial charge in [0.25, 0.3) is 5.91 Å². The molecule has 0 bridgehead atoms. The number of Topliss-reactive ketones (excluding diaryl/α,β-unsaturated/α-hetero) is 2. The summed E-state index contributed by atoms with van der Waals surface area (Å²) in [5.74, 6) is -7.77. The first-order valence-corrected chi connectivity index (χ1v) is 12.8. The molecule has 1 saturated carbocycles. The molecule has 0 spiro atoms. The number of amides is 1. The summed E-state index contributed by atoms with van der Waals surface area (Å²) in [5.41, 5.74) is 4.13. The van der Waals surface area contributed by atoms with E-state index < -0.39 is 57.9 Å². The van der Waals surface area contributed by atoms with Crippen molar-refractivity contribution in [2.24, 2.45) is 23.5 Å². The smallest absolute Gasteiger partial charge is 0.255 e. The zero-order valence-electron chi connectivity index (χ0n) is 21.3. The number of fused-ring (bicyclic) bond motifs is 4. The van der Waals surface area contributed by atoms with E-state index in [0.29, 0.717) is 16.7 Å². The van der Waals surface area contributed by atoms with Crippen LogP contribution in [0.5, 0.6) is 5.75 Å². The number of hydrogen-bond donors (Lipinski definition) is 5. The van der Waals surface area contributed by atoms with Gasteiger partial charge in [-0.1, -0.05) is 49.4 Å². The van der Waals surface area contributed by atoms with E-state index in [4.69, 9.17) is 5.73 Å². The summed E-state index contributed by atoms with van der Waals surface area (Å²) >= 11 is 0. The molecule has 0 aliphatic heterocycles. The predicted molar refractivity (Wildman–Crippen MR) is 144 cm³/mol. The largest absolute Gasteiger partial charge is 0.508 e. The molecule has 4 atom stereocenters. The third-order valence-electron chi connectivity index (χ3n) is 8.79. The Bertz CT molecular complexity index is 1770. The molecular formula is C31H25NO8. The van der Waals surface area contributed by atoms with Gasteiger partial charge in [-0.15, -0.1) is 0 Å². The van der Waals surface area contributed by atoms with Crippen LogP contribution in [-0.4, -0.2) is 49.8 Å². The molecule has 0 unspecified atom stereocenters. The molecule has 0 aromatic heterocycles. The lowest BCUT2D eigenvalue weighted by Crippen LogP contribution is -2.61. The van der Waals surface area contributed by atoms with Crippen molar-refractivity contribution in [3.05, 3.63) is 82.1 Å². The molecule has 1 amide bonds. The minimum atomic E-state index is -2.64. The van der Waals surface area contributed by atoms with Crippen molar-refractivity contribution in [3.63, 3.8) is 0 Å². The second-order valence-electron chi connectivity index (χ2n) is 10.7. The van der Waals surface area contributed by atoms with Crippen LogP contribution < -0.4 is 5.73 Å². The number of aliphatic hydroxyl groups excluding tert-OH is 2. The monoisotopic (exact) mass is 539 g/mol. The fourth-order valence-electron chi connectivity index (χ4n) is 6.85. The van der Waals surface area contributed by atoms with Gasteiger partial charge in [-0.05, 0) is 52.3 Å². The van der Waals surface area contributed by atoms with Crippen molar-refractivity contribution in [2.45, 2.75) is 25.4 Å². The first-order valence-electron chi connectivity index (χ1n) is 12.8. The number of aliphatic hydroxyl groups is 3. The Hall–Kier alpha value is -4.76. The average molecular weight is 540 g/mol. The summed E-state index contributed by atoms with van der Waals surface area (Å²) in [7, 11) is 0. The molecule has 0 heterocycles. The SMILES string of the molecule is C[C@@H]1C(=O)C(C(N)=O)=C(O)[C@@]2(O)C(=O)C3=C(O)c4c(O)ccc(-c5ccc(C=O)c6ccccc56)c4C[C@H]3C[C@@H]12. The van der Waals surface area contributed by atoms with Crippen LogP contribution in [0.2, 0.25) is 0 Å². The summed E-state index contributed by atoms with van der Waals surface area (Å²) in [6.45, 7) is 1.46. The molecule has 3 aliphatic carbocycles. The highest BCUT2D eigenvalue weighted by Crippen LogP contribution is 2.54. The zero-order chi connectivity index (χ0) is 28.7. The maximum Gasteiger partial charge on any atom is 0.255 e. The maximum atomic E-state index is 13.8. The molecule has 9 heteroatoms. The minimum absolute atomic E-state index is 0.0150. The van der Waals surface area contributed by atoms with Crippen molar-refractivity contribution in [3.8, 4) is 16.9 Å². The number of benzene rings is 3. The first kappa shape index (κ1) is 25.5. The number of nitrogens with two attached hydrogens (primary N) is 1. The Balaban J connectivity index is 1.58. The number of primary amides is 1. The summed E-state index contributed by atoms with van der Waals surface area (Å²) in [6, 6.07) is 13.9. The number of carbonyl (C=O) groups excluding carboxylic acids is 4. The predicted octanol–water partition coefficient (Wildman–Crippen LogP) is 3.30. The number of ketones is 2. The van der Waals surface area contributed by atoms with Gasteiger partial charge in [0.15, 0.2) is 17.7 Å². The lowest BCUT2D eigenvalue weighted by Gasteiger charge is -2.48. The lowest BCUT2D eigenvalue weighted by molar-refractivity contribution is -0.152. The average Bonchev–Trinajstić information content (AvgIpc) is 2.93. The number of aldehydes is 1. The quantitative estimate of drug-likeness (QED) is 0.249. The van der Waals surface area contributed by atoms with Crippen molar-refractivity contribution in [2.75, 3.05) is 0 Å². The van der Waals surface area contributed by atoms with Gasteiger partial charge in [-0.3, -0.25) is 19.2 Å². The van der Waals surface area contributed by atoms with Crippen LogP contribution in [0, 0.1) is 17.8 Å². The Morgan fingerprint density at radius 1 is 1.00 bits per heavy atom. The highest BCUT2D eigenvalue weighted by Gasteiger charge is 2.62. The first-order chi connectivity index (χ1) is 19.0. The molecule has 0 radical (unpaired) electrons. The number of carbonyl (C=O) groups is 4. The molecule has 202 valence electrons. The Labute approximate surface area is 227 Å². The molecule has 3 aromatic carbocycles. The van der Waals surface area contributed by atoms with E-state index >= 15 is 0 Å². The molecule has 6 rings (SSSR count). The van der Waals surface area contributed by atoms with E-state index in [0.717, 1.165) is 22.6 Å². The van der Waals surface area contributed by atoms with Gasteiger partial charge >= 0.3 is 0 Å². The van der Waals surface area contributed by atoms with Crippen LogP contribution >= 0.6 is 0 Å². The van der Waals surface area contributed by atoms with E-state index in [2.05, 4.69) is 0 Å². The minimum Gasteiger partial charge on any atom is -0.508 e. The van der Waals surface area contributed by atoms with Gasteiger partial charge in [-0.25, -0.2) is 0 Å². The lowest BCUT2D eigenvalue weighted by atomic mass is 9.56.